The van der Waals surface area contributed by atoms with E-state index in [1.807, 2.05) is 36.3 Å². The van der Waals surface area contributed by atoms with Crippen molar-refractivity contribution < 1.29 is 0 Å². The number of hydrogen-bond donors (Lipinski definition) is 1. The maximum absolute atomic E-state index is 6.27. The van der Waals surface area contributed by atoms with Crippen LogP contribution in [0.25, 0.3) is 11.1 Å². The number of fused-ring (bicyclic) bond motifs is 1. The van der Waals surface area contributed by atoms with Crippen LogP contribution in [-0.2, 0) is 7.05 Å². The number of anilines is 1. The first kappa shape index (κ1) is 11.9. The molecule has 20 heavy (non-hydrogen) atoms. The van der Waals surface area contributed by atoms with Gasteiger partial charge in [-0.3, -0.25) is 9.67 Å². The van der Waals surface area contributed by atoms with Gasteiger partial charge in [-0.25, -0.2) is 0 Å². The number of rotatable bonds is 2. The van der Waals surface area contributed by atoms with Crippen LogP contribution in [0.4, 0.5) is 5.82 Å². The summed E-state index contributed by atoms with van der Waals surface area (Å²) in [5.41, 5.74) is 9.76. The fourth-order valence-electron chi connectivity index (χ4n) is 4.00. The lowest BCUT2D eigenvalue weighted by molar-refractivity contribution is 0.480. The van der Waals surface area contributed by atoms with Gasteiger partial charge in [-0.05, 0) is 42.4 Å². The molecule has 0 saturated heterocycles. The van der Waals surface area contributed by atoms with Gasteiger partial charge in [-0.15, -0.1) is 0 Å². The quantitative estimate of drug-likeness (QED) is 0.911. The molecule has 2 aliphatic rings. The number of hydrogen-bond acceptors (Lipinski definition) is 3. The van der Waals surface area contributed by atoms with Gasteiger partial charge in [0.05, 0.1) is 5.69 Å². The molecule has 0 amide bonds. The van der Waals surface area contributed by atoms with Crippen LogP contribution in [-0.4, -0.2) is 14.8 Å². The van der Waals surface area contributed by atoms with Gasteiger partial charge in [0.2, 0.25) is 0 Å². The Morgan fingerprint density at radius 1 is 1.15 bits per heavy atom. The second kappa shape index (κ2) is 4.33. The highest BCUT2D eigenvalue weighted by Crippen LogP contribution is 2.62. The number of nitrogens with two attached hydrogens (primary N) is 1. The summed E-state index contributed by atoms with van der Waals surface area (Å²) in [7, 11) is 1.94. The molecule has 0 bridgehead atoms. The molecule has 0 aromatic carbocycles. The lowest BCUT2D eigenvalue weighted by Crippen LogP contribution is -1.98. The Labute approximate surface area is 119 Å². The molecule has 2 aromatic heterocycles. The Morgan fingerprint density at radius 2 is 1.80 bits per heavy atom. The molecule has 2 unspecified atom stereocenters. The number of pyridine rings is 1. The van der Waals surface area contributed by atoms with E-state index in [2.05, 4.69) is 4.98 Å². The zero-order valence-corrected chi connectivity index (χ0v) is 11.8. The summed E-state index contributed by atoms with van der Waals surface area (Å²) in [5.74, 6) is 3.09. The Morgan fingerprint density at radius 3 is 2.45 bits per heavy atom. The Balaban J connectivity index is 1.79. The number of nitrogen functional groups attached to an aromatic ring is 1. The molecular weight excluding hydrogens is 248 g/mol. The normalized spacial score (nSPS) is 28.1. The summed E-state index contributed by atoms with van der Waals surface area (Å²) < 4.78 is 1.83. The summed E-state index contributed by atoms with van der Waals surface area (Å²) in [5, 5.41) is 4.74. The maximum atomic E-state index is 6.27. The zero-order chi connectivity index (χ0) is 13.7. The fourth-order valence-corrected chi connectivity index (χ4v) is 4.00. The number of nitrogens with zero attached hydrogens (tertiary/aromatic N) is 3. The SMILES string of the molecule is Cn1nc(C2C3CCCCC32)c(-c2ccncc2)c1N. The van der Waals surface area contributed by atoms with E-state index in [1.54, 1.807) is 0 Å². The molecule has 4 heteroatoms. The highest BCUT2D eigenvalue weighted by atomic mass is 15.3. The monoisotopic (exact) mass is 268 g/mol. The predicted molar refractivity (Wildman–Crippen MR) is 79.0 cm³/mol. The van der Waals surface area contributed by atoms with Crippen LogP contribution in [0.1, 0.15) is 37.3 Å². The predicted octanol–water partition coefficient (Wildman–Crippen LogP) is 2.97. The average molecular weight is 268 g/mol. The van der Waals surface area contributed by atoms with E-state index in [0.717, 1.165) is 28.8 Å². The van der Waals surface area contributed by atoms with Crippen LogP contribution in [0.2, 0.25) is 0 Å². The van der Waals surface area contributed by atoms with Gasteiger partial charge in [0.1, 0.15) is 5.82 Å². The van der Waals surface area contributed by atoms with Crippen molar-refractivity contribution in [1.82, 2.24) is 14.8 Å². The van der Waals surface area contributed by atoms with Gasteiger partial charge in [-0.2, -0.15) is 5.10 Å². The van der Waals surface area contributed by atoms with Crippen molar-refractivity contribution in [2.75, 3.05) is 5.73 Å². The minimum atomic E-state index is 0.629. The summed E-state index contributed by atoms with van der Waals surface area (Å²) in [4.78, 5) is 4.10. The first-order chi connectivity index (χ1) is 9.77. The fraction of sp³-hybridized carbons (Fsp3) is 0.500. The average Bonchev–Trinajstić information content (AvgIpc) is 3.14. The third-order valence-corrected chi connectivity index (χ3v) is 5.06. The Kier molecular flexibility index (Phi) is 2.59. The highest BCUT2D eigenvalue weighted by molar-refractivity contribution is 5.77. The minimum Gasteiger partial charge on any atom is -0.383 e. The van der Waals surface area contributed by atoms with Crippen molar-refractivity contribution in [2.24, 2.45) is 18.9 Å². The Bertz CT molecular complexity index is 619. The van der Waals surface area contributed by atoms with E-state index in [0.29, 0.717) is 5.92 Å². The van der Waals surface area contributed by atoms with Crippen molar-refractivity contribution in [3.63, 3.8) is 0 Å². The van der Waals surface area contributed by atoms with Gasteiger partial charge < -0.3 is 5.73 Å². The van der Waals surface area contributed by atoms with E-state index in [-0.39, 0.29) is 0 Å². The molecule has 4 nitrogen and oxygen atoms in total. The summed E-state index contributed by atoms with van der Waals surface area (Å²) in [6, 6.07) is 4.06. The minimum absolute atomic E-state index is 0.629. The lowest BCUT2D eigenvalue weighted by Gasteiger charge is -2.04. The van der Waals surface area contributed by atoms with E-state index in [1.165, 1.54) is 31.4 Å². The third kappa shape index (κ3) is 1.67. The number of aryl methyl sites for hydroxylation is 1. The van der Waals surface area contributed by atoms with Gasteiger partial charge >= 0.3 is 0 Å². The van der Waals surface area contributed by atoms with Crippen LogP contribution >= 0.6 is 0 Å². The maximum Gasteiger partial charge on any atom is 0.129 e. The first-order valence-corrected chi connectivity index (χ1v) is 7.50. The number of aromatic nitrogens is 3. The van der Waals surface area contributed by atoms with Crippen LogP contribution in [0.15, 0.2) is 24.5 Å². The molecule has 2 aliphatic carbocycles. The molecule has 2 heterocycles. The Hall–Kier alpha value is -1.84. The molecule has 0 radical (unpaired) electrons. The second-order valence-corrected chi connectivity index (χ2v) is 6.14. The lowest BCUT2D eigenvalue weighted by atomic mass is 10.0. The molecule has 4 rings (SSSR count). The third-order valence-electron chi connectivity index (χ3n) is 5.06. The van der Waals surface area contributed by atoms with E-state index in [4.69, 9.17) is 10.8 Å². The van der Waals surface area contributed by atoms with Crippen LogP contribution in [0.5, 0.6) is 0 Å². The summed E-state index contributed by atoms with van der Waals surface area (Å²) >= 11 is 0. The molecule has 104 valence electrons. The van der Waals surface area contributed by atoms with Crippen molar-refractivity contribution in [1.29, 1.82) is 0 Å². The molecule has 0 spiro atoms. The highest BCUT2D eigenvalue weighted by Gasteiger charge is 2.53. The summed E-state index contributed by atoms with van der Waals surface area (Å²) in [6.07, 6.45) is 9.13. The molecule has 2 fully saturated rings. The van der Waals surface area contributed by atoms with Crippen LogP contribution in [0.3, 0.4) is 0 Å². The smallest absolute Gasteiger partial charge is 0.129 e. The van der Waals surface area contributed by atoms with Crippen molar-refractivity contribution in [3.8, 4) is 11.1 Å². The van der Waals surface area contributed by atoms with Gasteiger partial charge in [-0.1, -0.05) is 12.8 Å². The second-order valence-electron chi connectivity index (χ2n) is 6.14. The molecular formula is C16H20N4. The van der Waals surface area contributed by atoms with E-state index >= 15 is 0 Å². The van der Waals surface area contributed by atoms with E-state index < -0.39 is 0 Å². The van der Waals surface area contributed by atoms with E-state index in [9.17, 15) is 0 Å². The largest absolute Gasteiger partial charge is 0.383 e. The molecule has 2 N–H and O–H groups in total. The molecule has 2 atom stereocenters. The molecule has 0 aliphatic heterocycles. The standard InChI is InChI=1S/C16H20N4/c1-20-16(17)13(10-6-8-18-9-7-10)15(19-20)14-11-4-2-3-5-12(11)14/h6-9,11-12,14H,2-5,17H2,1H3. The van der Waals surface area contributed by atoms with Gasteiger partial charge in [0.15, 0.2) is 0 Å². The van der Waals surface area contributed by atoms with Crippen molar-refractivity contribution in [3.05, 3.63) is 30.2 Å². The summed E-state index contributed by atoms with van der Waals surface area (Å²) in [6.45, 7) is 0. The molecule has 2 aromatic rings. The van der Waals surface area contributed by atoms with Crippen molar-refractivity contribution in [2.45, 2.75) is 31.6 Å². The topological polar surface area (TPSA) is 56.7 Å². The van der Waals surface area contributed by atoms with Gasteiger partial charge in [0, 0.05) is 30.9 Å². The van der Waals surface area contributed by atoms with Crippen LogP contribution in [0, 0.1) is 11.8 Å². The van der Waals surface area contributed by atoms with Crippen LogP contribution < -0.4 is 5.73 Å². The first-order valence-electron chi connectivity index (χ1n) is 7.50. The van der Waals surface area contributed by atoms with Crippen molar-refractivity contribution >= 4 is 5.82 Å². The zero-order valence-electron chi connectivity index (χ0n) is 11.8. The molecule has 2 saturated carbocycles. The van der Waals surface area contributed by atoms with Gasteiger partial charge in [0.25, 0.3) is 0 Å².